The molecule has 4 heteroatoms. The van der Waals surface area contributed by atoms with Crippen molar-refractivity contribution in [3.8, 4) is 0 Å². The number of anilines is 1. The van der Waals surface area contributed by atoms with Gasteiger partial charge in [-0.25, -0.2) is 0 Å². The minimum Gasteiger partial charge on any atom is -0.399 e. The second-order valence-electron chi connectivity index (χ2n) is 4.02. The molecule has 3 nitrogen and oxygen atoms in total. The lowest BCUT2D eigenvalue weighted by Crippen LogP contribution is -2.25. The predicted molar refractivity (Wildman–Crippen MR) is 66.4 cm³/mol. The Morgan fingerprint density at radius 2 is 2.31 bits per heavy atom. The highest BCUT2D eigenvalue weighted by molar-refractivity contribution is 9.10. The number of carbonyl (C=O) groups excluding carboxylic acids is 1. The first kappa shape index (κ1) is 11.6. The van der Waals surface area contributed by atoms with E-state index in [1.807, 2.05) is 0 Å². The number of nitrogen functional groups attached to an aromatic ring is 1. The number of benzene rings is 1. The normalized spacial score (nSPS) is 20.7. The fraction of sp³-hybridized carbons (Fsp3) is 0.417. The van der Waals surface area contributed by atoms with Crippen LogP contribution in [0.4, 0.5) is 5.69 Å². The third kappa shape index (κ3) is 2.44. The molecule has 0 aromatic heterocycles. The fourth-order valence-corrected chi connectivity index (χ4v) is 2.49. The van der Waals surface area contributed by atoms with Gasteiger partial charge in [-0.05, 0) is 47.0 Å². The number of nitrogens with two attached hydrogens (primary N) is 1. The lowest BCUT2D eigenvalue weighted by molar-refractivity contribution is 0.0461. The minimum atomic E-state index is -0.00586. The van der Waals surface area contributed by atoms with Gasteiger partial charge < -0.3 is 10.5 Å². The second kappa shape index (κ2) is 4.97. The summed E-state index contributed by atoms with van der Waals surface area (Å²) in [5.74, 6) is 0.139. The van der Waals surface area contributed by atoms with Crippen molar-refractivity contribution in [1.29, 1.82) is 0 Å². The van der Waals surface area contributed by atoms with Gasteiger partial charge in [0.2, 0.25) is 0 Å². The molecule has 2 N–H and O–H groups in total. The van der Waals surface area contributed by atoms with Crippen molar-refractivity contribution in [2.75, 3.05) is 18.9 Å². The quantitative estimate of drug-likeness (QED) is 0.671. The van der Waals surface area contributed by atoms with Gasteiger partial charge in [-0.1, -0.05) is 0 Å². The maximum Gasteiger partial charge on any atom is 0.169 e. The van der Waals surface area contributed by atoms with Crippen molar-refractivity contribution >= 4 is 27.4 Å². The average Bonchev–Trinajstić information content (AvgIpc) is 2.29. The number of hydrogen-bond acceptors (Lipinski definition) is 3. The Kier molecular flexibility index (Phi) is 3.61. The second-order valence-corrected chi connectivity index (χ2v) is 4.87. The van der Waals surface area contributed by atoms with Crippen LogP contribution in [0.15, 0.2) is 22.7 Å². The van der Waals surface area contributed by atoms with Gasteiger partial charge in [0, 0.05) is 28.2 Å². The third-order valence-electron chi connectivity index (χ3n) is 2.79. The summed E-state index contributed by atoms with van der Waals surface area (Å²) in [5.41, 5.74) is 6.99. The predicted octanol–water partition coefficient (Wildman–Crippen LogP) is 2.64. The Bertz CT molecular complexity index is 400. The summed E-state index contributed by atoms with van der Waals surface area (Å²) in [6.07, 6.45) is 1.87. The number of ether oxygens (including phenoxy) is 1. The molecule has 1 unspecified atom stereocenters. The molecule has 1 aromatic rings. The van der Waals surface area contributed by atoms with Crippen molar-refractivity contribution in [2.45, 2.75) is 12.8 Å². The molecule has 1 fully saturated rings. The van der Waals surface area contributed by atoms with E-state index in [0.29, 0.717) is 17.9 Å². The number of carbonyl (C=O) groups is 1. The summed E-state index contributed by atoms with van der Waals surface area (Å²) in [7, 11) is 0. The molecule has 1 aromatic carbocycles. The maximum absolute atomic E-state index is 12.2. The molecular weight excluding hydrogens is 270 g/mol. The molecule has 2 rings (SSSR count). The van der Waals surface area contributed by atoms with Crippen molar-refractivity contribution < 1.29 is 9.53 Å². The zero-order valence-electron chi connectivity index (χ0n) is 8.91. The van der Waals surface area contributed by atoms with Crippen LogP contribution in [-0.4, -0.2) is 19.0 Å². The van der Waals surface area contributed by atoms with Gasteiger partial charge in [-0.3, -0.25) is 4.79 Å². The van der Waals surface area contributed by atoms with E-state index < -0.39 is 0 Å². The lowest BCUT2D eigenvalue weighted by Gasteiger charge is -2.21. The zero-order valence-corrected chi connectivity index (χ0v) is 10.5. The van der Waals surface area contributed by atoms with Crippen molar-refractivity contribution in [2.24, 2.45) is 5.92 Å². The summed E-state index contributed by atoms with van der Waals surface area (Å²) >= 11 is 3.37. The molecule has 0 bridgehead atoms. The van der Waals surface area contributed by atoms with Gasteiger partial charge in [-0.2, -0.15) is 0 Å². The first-order valence-corrected chi connectivity index (χ1v) is 6.15. The Morgan fingerprint density at radius 3 is 2.94 bits per heavy atom. The van der Waals surface area contributed by atoms with Crippen LogP contribution in [0.25, 0.3) is 0 Å². The molecule has 1 atom stereocenters. The molecule has 1 saturated heterocycles. The highest BCUT2D eigenvalue weighted by Crippen LogP contribution is 2.25. The van der Waals surface area contributed by atoms with E-state index >= 15 is 0 Å². The first-order valence-electron chi connectivity index (χ1n) is 5.35. The summed E-state index contributed by atoms with van der Waals surface area (Å²) in [4.78, 5) is 12.2. The van der Waals surface area contributed by atoms with Crippen LogP contribution in [0.5, 0.6) is 0 Å². The average molecular weight is 284 g/mol. The van der Waals surface area contributed by atoms with Crippen LogP contribution in [0.2, 0.25) is 0 Å². The Balaban J connectivity index is 2.19. The summed E-state index contributed by atoms with van der Waals surface area (Å²) in [6.45, 7) is 1.31. The SMILES string of the molecule is Nc1ccc(C(=O)C2CCCOC2)c(Br)c1. The Hall–Kier alpha value is -0.870. The highest BCUT2D eigenvalue weighted by atomic mass is 79.9. The summed E-state index contributed by atoms with van der Waals surface area (Å²) < 4.78 is 6.09. The van der Waals surface area contributed by atoms with Crippen LogP contribution >= 0.6 is 15.9 Å². The minimum absolute atomic E-state index is 0.00586. The van der Waals surface area contributed by atoms with Gasteiger partial charge in [0.05, 0.1) is 6.61 Å². The largest absolute Gasteiger partial charge is 0.399 e. The van der Waals surface area contributed by atoms with Crippen LogP contribution in [-0.2, 0) is 4.74 Å². The number of hydrogen-bond donors (Lipinski definition) is 1. The highest BCUT2D eigenvalue weighted by Gasteiger charge is 2.24. The van der Waals surface area contributed by atoms with Crippen LogP contribution in [0.3, 0.4) is 0 Å². The van der Waals surface area contributed by atoms with E-state index in [2.05, 4.69) is 15.9 Å². The molecule has 0 radical (unpaired) electrons. The molecule has 0 amide bonds. The molecule has 0 saturated carbocycles. The van der Waals surface area contributed by atoms with E-state index in [4.69, 9.17) is 10.5 Å². The lowest BCUT2D eigenvalue weighted by atomic mass is 9.93. The summed E-state index contributed by atoms with van der Waals surface area (Å²) in [5, 5.41) is 0. The summed E-state index contributed by atoms with van der Waals surface area (Å²) in [6, 6.07) is 5.29. The molecule has 1 heterocycles. The first-order chi connectivity index (χ1) is 7.68. The molecular formula is C12H14BrNO2. The Labute approximate surface area is 103 Å². The number of ketones is 1. The van der Waals surface area contributed by atoms with Crippen LogP contribution in [0.1, 0.15) is 23.2 Å². The van der Waals surface area contributed by atoms with Crippen molar-refractivity contribution in [3.05, 3.63) is 28.2 Å². The molecule has 1 aliphatic heterocycles. The standard InChI is InChI=1S/C12H14BrNO2/c13-11-6-9(14)3-4-10(11)12(15)8-2-1-5-16-7-8/h3-4,6,8H,1-2,5,7,14H2. The van der Waals surface area contributed by atoms with Gasteiger partial charge >= 0.3 is 0 Å². The molecule has 0 aliphatic carbocycles. The van der Waals surface area contributed by atoms with Gasteiger partial charge in [-0.15, -0.1) is 0 Å². The van der Waals surface area contributed by atoms with E-state index in [1.54, 1.807) is 18.2 Å². The fourth-order valence-electron chi connectivity index (χ4n) is 1.90. The molecule has 16 heavy (non-hydrogen) atoms. The maximum atomic E-state index is 12.2. The molecule has 0 spiro atoms. The van der Waals surface area contributed by atoms with Crippen molar-refractivity contribution in [3.63, 3.8) is 0 Å². The number of Topliss-reactive ketones (excluding diaryl/α,β-unsaturated/α-hetero) is 1. The number of halogens is 1. The topological polar surface area (TPSA) is 52.3 Å². The van der Waals surface area contributed by atoms with E-state index in [9.17, 15) is 4.79 Å². The Morgan fingerprint density at radius 1 is 1.50 bits per heavy atom. The van der Waals surface area contributed by atoms with Crippen molar-refractivity contribution in [1.82, 2.24) is 0 Å². The van der Waals surface area contributed by atoms with Gasteiger partial charge in [0.25, 0.3) is 0 Å². The monoisotopic (exact) mass is 283 g/mol. The zero-order chi connectivity index (χ0) is 11.5. The third-order valence-corrected chi connectivity index (χ3v) is 3.45. The number of rotatable bonds is 2. The van der Waals surface area contributed by atoms with Gasteiger partial charge in [0.1, 0.15) is 0 Å². The molecule has 1 aliphatic rings. The van der Waals surface area contributed by atoms with E-state index in [1.165, 1.54) is 0 Å². The smallest absolute Gasteiger partial charge is 0.169 e. The van der Waals surface area contributed by atoms with Gasteiger partial charge in [0.15, 0.2) is 5.78 Å². The van der Waals surface area contributed by atoms with Crippen LogP contribution in [0, 0.1) is 5.92 Å². The molecule has 86 valence electrons. The van der Waals surface area contributed by atoms with Crippen LogP contribution < -0.4 is 5.73 Å². The van der Waals surface area contributed by atoms with E-state index in [-0.39, 0.29) is 11.7 Å². The van der Waals surface area contributed by atoms with E-state index in [0.717, 1.165) is 23.9 Å².